The van der Waals surface area contributed by atoms with Gasteiger partial charge in [0.25, 0.3) is 5.24 Å². The van der Waals surface area contributed by atoms with Gasteiger partial charge in [-0.3, -0.25) is 4.79 Å². The molecule has 0 saturated heterocycles. The maximum absolute atomic E-state index is 10.3. The maximum Gasteiger partial charge on any atom is 0.251 e. The van der Waals surface area contributed by atoms with Crippen molar-refractivity contribution in [2.24, 2.45) is 0 Å². The highest BCUT2D eigenvalue weighted by Crippen LogP contribution is 2.02. The van der Waals surface area contributed by atoms with Crippen molar-refractivity contribution in [1.29, 1.82) is 0 Å². The molecule has 9 heavy (non-hydrogen) atoms. The second kappa shape index (κ2) is 3.46. The molecule has 0 unspecified atom stereocenters. The lowest BCUT2D eigenvalue weighted by molar-refractivity contribution is -0.108. The molecule has 0 aliphatic carbocycles. The van der Waals surface area contributed by atoms with Crippen molar-refractivity contribution >= 4 is 16.8 Å². The van der Waals surface area contributed by atoms with Crippen LogP contribution in [0.5, 0.6) is 0 Å². The number of rotatable bonds is 2. The number of halogens is 1. The minimum Gasteiger partial charge on any atom is -0.276 e. The van der Waals surface area contributed by atoms with E-state index in [1.807, 2.05) is 13.8 Å². The third-order valence-corrected chi connectivity index (χ3v) is 0.958. The average Bonchev–Trinajstić information content (AvgIpc) is 1.63. The molecule has 0 N–H and O–H groups in total. The number of hydrogen-bond donors (Lipinski definition) is 0. The van der Waals surface area contributed by atoms with Crippen LogP contribution >= 0.6 is 11.6 Å². The first-order valence-electron chi connectivity index (χ1n) is 2.57. The van der Waals surface area contributed by atoms with Gasteiger partial charge >= 0.3 is 0 Å². The zero-order valence-electron chi connectivity index (χ0n) is 5.57. The molecule has 0 heterocycles. The molecule has 0 aliphatic rings. The molecule has 50 valence electrons. The standard InChI is InChI=1S/C7H9ClO/c1-5(2)4-6(3)7(8)9/h4H,3H2,1-2H3. The van der Waals surface area contributed by atoms with Crippen LogP contribution in [0.25, 0.3) is 0 Å². The molecule has 0 saturated carbocycles. The lowest BCUT2D eigenvalue weighted by Crippen LogP contribution is -1.86. The Morgan fingerprint density at radius 2 is 2.00 bits per heavy atom. The second-order valence-corrected chi connectivity index (χ2v) is 2.36. The second-order valence-electron chi connectivity index (χ2n) is 2.02. The van der Waals surface area contributed by atoms with E-state index in [1.54, 1.807) is 6.08 Å². The van der Waals surface area contributed by atoms with Crippen LogP contribution in [0.3, 0.4) is 0 Å². The van der Waals surface area contributed by atoms with Crippen LogP contribution in [0.4, 0.5) is 0 Å². The Labute approximate surface area is 60.0 Å². The van der Waals surface area contributed by atoms with E-state index in [-0.39, 0.29) is 0 Å². The molecule has 0 rings (SSSR count). The Morgan fingerprint density at radius 1 is 1.56 bits per heavy atom. The number of carbonyl (C=O) groups is 1. The summed E-state index contributed by atoms with van der Waals surface area (Å²) in [4.78, 5) is 10.3. The first-order valence-corrected chi connectivity index (χ1v) is 2.95. The molecule has 0 aromatic carbocycles. The van der Waals surface area contributed by atoms with Gasteiger partial charge in [-0.1, -0.05) is 18.2 Å². The topological polar surface area (TPSA) is 17.1 Å². The summed E-state index contributed by atoms with van der Waals surface area (Å²) in [5.74, 6) is 0. The Kier molecular flexibility index (Phi) is 3.25. The Balaban J connectivity index is 4.09. The van der Waals surface area contributed by atoms with Gasteiger partial charge in [0.2, 0.25) is 0 Å². The Morgan fingerprint density at radius 3 is 2.11 bits per heavy atom. The van der Waals surface area contributed by atoms with Crippen molar-refractivity contribution in [3.63, 3.8) is 0 Å². The van der Waals surface area contributed by atoms with Gasteiger partial charge in [0.1, 0.15) is 0 Å². The van der Waals surface area contributed by atoms with Crippen LogP contribution in [0.15, 0.2) is 23.8 Å². The fourth-order valence-electron chi connectivity index (χ4n) is 0.405. The molecule has 0 aromatic heterocycles. The van der Waals surface area contributed by atoms with E-state index in [0.29, 0.717) is 5.57 Å². The zero-order valence-corrected chi connectivity index (χ0v) is 6.33. The van der Waals surface area contributed by atoms with Gasteiger partial charge in [-0.05, 0) is 25.4 Å². The van der Waals surface area contributed by atoms with E-state index in [1.165, 1.54) is 0 Å². The number of allylic oxidation sites excluding steroid dienone is 3. The maximum atomic E-state index is 10.3. The van der Waals surface area contributed by atoms with Crippen molar-refractivity contribution < 1.29 is 4.79 Å². The minimum absolute atomic E-state index is 0.344. The van der Waals surface area contributed by atoms with Crippen molar-refractivity contribution in [3.8, 4) is 0 Å². The minimum atomic E-state index is -0.490. The van der Waals surface area contributed by atoms with Gasteiger partial charge in [0, 0.05) is 5.57 Å². The summed E-state index contributed by atoms with van der Waals surface area (Å²) in [5, 5.41) is -0.490. The zero-order chi connectivity index (χ0) is 7.44. The fraction of sp³-hybridized carbons (Fsp3) is 0.286. The van der Waals surface area contributed by atoms with E-state index in [0.717, 1.165) is 5.57 Å². The van der Waals surface area contributed by atoms with Gasteiger partial charge in [-0.25, -0.2) is 0 Å². The van der Waals surface area contributed by atoms with E-state index >= 15 is 0 Å². The third kappa shape index (κ3) is 3.98. The summed E-state index contributed by atoms with van der Waals surface area (Å²) in [5.41, 5.74) is 1.37. The van der Waals surface area contributed by atoms with E-state index in [9.17, 15) is 4.79 Å². The number of carbonyl (C=O) groups excluding carboxylic acids is 1. The van der Waals surface area contributed by atoms with Gasteiger partial charge in [0.15, 0.2) is 0 Å². The summed E-state index contributed by atoms with van der Waals surface area (Å²) in [6, 6.07) is 0. The summed E-state index contributed by atoms with van der Waals surface area (Å²) in [6.07, 6.45) is 1.65. The fourth-order valence-corrected chi connectivity index (χ4v) is 0.460. The molecule has 0 bridgehead atoms. The summed E-state index contributed by atoms with van der Waals surface area (Å²) < 4.78 is 0. The monoisotopic (exact) mass is 144 g/mol. The first kappa shape index (κ1) is 8.44. The van der Waals surface area contributed by atoms with Crippen molar-refractivity contribution in [3.05, 3.63) is 23.8 Å². The van der Waals surface area contributed by atoms with Crippen LogP contribution in [-0.4, -0.2) is 5.24 Å². The van der Waals surface area contributed by atoms with Gasteiger partial charge < -0.3 is 0 Å². The van der Waals surface area contributed by atoms with Crippen LogP contribution < -0.4 is 0 Å². The molecule has 0 amide bonds. The van der Waals surface area contributed by atoms with Crippen molar-refractivity contribution in [1.82, 2.24) is 0 Å². The smallest absolute Gasteiger partial charge is 0.251 e. The molecular formula is C7H9ClO. The summed E-state index contributed by atoms with van der Waals surface area (Å²) in [7, 11) is 0. The van der Waals surface area contributed by atoms with Crippen molar-refractivity contribution in [2.45, 2.75) is 13.8 Å². The first-order chi connectivity index (χ1) is 4.04. The Bertz CT molecular complexity index is 164. The van der Waals surface area contributed by atoms with Gasteiger partial charge in [-0.2, -0.15) is 0 Å². The number of hydrogen-bond acceptors (Lipinski definition) is 1. The van der Waals surface area contributed by atoms with Crippen LogP contribution in [0, 0.1) is 0 Å². The van der Waals surface area contributed by atoms with E-state index < -0.39 is 5.24 Å². The lowest BCUT2D eigenvalue weighted by Gasteiger charge is -1.89. The molecule has 1 nitrogen and oxygen atoms in total. The Hall–Kier alpha value is -0.560. The quantitative estimate of drug-likeness (QED) is 0.330. The molecule has 0 spiro atoms. The third-order valence-electron chi connectivity index (χ3n) is 0.715. The normalized spacial score (nSPS) is 8.33. The van der Waals surface area contributed by atoms with Crippen LogP contribution in [-0.2, 0) is 4.79 Å². The van der Waals surface area contributed by atoms with Gasteiger partial charge in [0.05, 0.1) is 0 Å². The highest BCUT2D eigenvalue weighted by molar-refractivity contribution is 6.68. The molecule has 0 aliphatic heterocycles. The molecular weight excluding hydrogens is 136 g/mol. The van der Waals surface area contributed by atoms with E-state index in [2.05, 4.69) is 6.58 Å². The molecule has 0 radical (unpaired) electrons. The van der Waals surface area contributed by atoms with Gasteiger partial charge in [-0.15, -0.1) is 0 Å². The molecule has 0 fully saturated rings. The highest BCUT2D eigenvalue weighted by Gasteiger charge is 1.96. The van der Waals surface area contributed by atoms with Crippen LogP contribution in [0.1, 0.15) is 13.8 Å². The largest absolute Gasteiger partial charge is 0.276 e. The predicted molar refractivity (Wildman–Crippen MR) is 39.4 cm³/mol. The molecule has 0 atom stereocenters. The SMILES string of the molecule is C=C(C=C(C)C)C(=O)Cl. The lowest BCUT2D eigenvalue weighted by atomic mass is 10.2. The summed E-state index contributed by atoms with van der Waals surface area (Å²) >= 11 is 5.09. The van der Waals surface area contributed by atoms with E-state index in [4.69, 9.17) is 11.6 Å². The van der Waals surface area contributed by atoms with Crippen molar-refractivity contribution in [2.75, 3.05) is 0 Å². The average molecular weight is 145 g/mol. The summed E-state index contributed by atoms with van der Waals surface area (Å²) in [6.45, 7) is 7.20. The molecule has 0 aromatic rings. The highest BCUT2D eigenvalue weighted by atomic mass is 35.5. The van der Waals surface area contributed by atoms with Crippen LogP contribution in [0.2, 0.25) is 0 Å². The molecule has 2 heteroatoms. The predicted octanol–water partition coefficient (Wildman–Crippen LogP) is 2.27.